The molecule has 0 bridgehead atoms. The van der Waals surface area contributed by atoms with Gasteiger partial charge in [0.25, 0.3) is 0 Å². The fraction of sp³-hybridized carbons (Fsp3) is 0.848. The number of carbonyl (C=O) groups is 10. The van der Waals surface area contributed by atoms with Crippen LogP contribution in [0.4, 0.5) is 0 Å². The molecule has 3 rings (SSSR count). The van der Waals surface area contributed by atoms with Crippen LogP contribution in [0.5, 0.6) is 0 Å². The van der Waals surface area contributed by atoms with E-state index in [1.165, 1.54) is 20.8 Å². The Hall–Kier alpha value is -4.62. The van der Waals surface area contributed by atoms with Crippen molar-refractivity contribution in [2.75, 3.05) is 39.4 Å². The largest absolute Gasteiger partial charge is 0.464 e. The summed E-state index contributed by atoms with van der Waals surface area (Å²) >= 11 is 0. The van der Waals surface area contributed by atoms with E-state index in [1.54, 1.807) is 27.7 Å². The standard InChI is InChI=1S/2C18H31NO5.C17H29NO4.C13H27NO/c2*1-6-23-18(22)16-15(24-16)14(20)10-13(9-12(4)5)17(21)19-8-7-11(2)3;1-10(2)6-7-18-17(21)13(8-11(3)4)9-14(20)16-15(22-16)12(5)19;1-6-12(9-11(4)5)13(15)14-8-7-10(2)3/h2*11-13,15-16H,6-10H2,1-5H3,(H,19,21);10-11,13,15-16H,6-9H2,1-5H3,(H,18,21);10-12H,6-9H2,1-5H3,(H,14,15)/t2*13-,15-,16+;13-,15-,16-;12-/m1110/s1/i4D3,12D;4D3;3D3;4D3,11D/t2*12?,13-,15-,16+;11?,13-,15-,16-;11?,12-. The molecule has 0 aromatic rings. The Morgan fingerprint density at radius 1 is 0.400 bits per heavy atom. The minimum Gasteiger partial charge on any atom is -0.464 e. The molecule has 0 saturated carbocycles. The SMILES string of the molecule is [2H]C([2H])([2H])C(C)C[C@H](CC(=O)[C@H]1O[C@@H]1C(=O)OCC)C(=O)NCCC(C)C.[2H]C([2H])([2H])C(C)C[C@H](CC(=O)[C@H]1O[C@@H]1C(C)=O)C(=O)NCCC(C)C.[2H]C([2H])([2H])C([2H])(C)C[C@H](CC(=O)[C@H]1O[C@@H]1C(=O)OCC)C(=O)NCCC(C)C.[2H]C([2H])([2H])C([2H])(C)C[C@H](CC)C(=O)NCCC(C)C. The smallest absolute Gasteiger partial charge is 0.338 e. The Labute approximate surface area is 532 Å². The third kappa shape index (κ3) is 37.0. The average molecular weight is 1220 g/mol. The Kier molecular flexibility index (Phi) is 29.4. The molecule has 3 aliphatic heterocycles. The molecule has 4 unspecified atom stereocenters. The second kappa shape index (κ2) is 43.1. The molecule has 0 aromatic carbocycles. The fourth-order valence-corrected chi connectivity index (χ4v) is 8.62. The highest BCUT2D eigenvalue weighted by Crippen LogP contribution is 2.31. The van der Waals surface area contributed by atoms with E-state index in [0.29, 0.717) is 56.3 Å². The van der Waals surface area contributed by atoms with Gasteiger partial charge in [-0.2, -0.15) is 0 Å². The van der Waals surface area contributed by atoms with Crippen LogP contribution in [0.1, 0.15) is 234 Å². The van der Waals surface area contributed by atoms with Gasteiger partial charge >= 0.3 is 11.9 Å². The van der Waals surface area contributed by atoms with Crippen molar-refractivity contribution >= 4 is 58.7 Å². The maximum Gasteiger partial charge on any atom is 0.338 e. The number of hydrogen-bond acceptors (Lipinski definition) is 15. The molecule has 0 spiro atoms. The van der Waals surface area contributed by atoms with Crippen LogP contribution in [0, 0.1) is 71.0 Å². The van der Waals surface area contributed by atoms with Gasteiger partial charge in [-0.15, -0.1) is 0 Å². The van der Waals surface area contributed by atoms with Crippen molar-refractivity contribution in [3.05, 3.63) is 0 Å². The molecule has 4 amide bonds. The number of Topliss-reactive ketones (excluding diaryl/α,β-unsaturated/α-hetero) is 4. The Balaban J connectivity index is 0.00000131. The lowest BCUT2D eigenvalue weighted by molar-refractivity contribution is -0.145. The van der Waals surface area contributed by atoms with Gasteiger partial charge in [-0.25, -0.2) is 9.59 Å². The van der Waals surface area contributed by atoms with Crippen LogP contribution in [0.2, 0.25) is 0 Å². The molecule has 14 atom stereocenters. The van der Waals surface area contributed by atoms with Gasteiger partial charge < -0.3 is 45.0 Å². The van der Waals surface area contributed by atoms with Crippen LogP contribution in [-0.4, -0.2) is 135 Å². The molecule has 19 heteroatoms. The van der Waals surface area contributed by atoms with E-state index in [1.807, 2.05) is 48.5 Å². The molecule has 85 heavy (non-hydrogen) atoms. The first-order chi connectivity index (χ1) is 45.2. The lowest BCUT2D eigenvalue weighted by Gasteiger charge is -2.18. The van der Waals surface area contributed by atoms with Crippen molar-refractivity contribution < 1.29 is 90.8 Å². The van der Waals surface area contributed by atoms with Gasteiger partial charge in [-0.3, -0.25) is 38.4 Å². The number of epoxide rings is 3. The normalized spacial score (nSPS) is 24.8. The van der Waals surface area contributed by atoms with Crippen molar-refractivity contribution in [2.24, 2.45) is 71.0 Å². The highest BCUT2D eigenvalue weighted by molar-refractivity contribution is 5.98. The van der Waals surface area contributed by atoms with E-state index >= 15 is 0 Å². The van der Waals surface area contributed by atoms with Crippen LogP contribution < -0.4 is 21.3 Å². The number of hydrogen-bond donors (Lipinski definition) is 4. The summed E-state index contributed by atoms with van der Waals surface area (Å²) in [7, 11) is 0. The van der Waals surface area contributed by atoms with Crippen LogP contribution in [0.15, 0.2) is 0 Å². The summed E-state index contributed by atoms with van der Waals surface area (Å²) in [5.74, 6) is -9.94. The van der Waals surface area contributed by atoms with Crippen LogP contribution in [0.25, 0.3) is 0 Å². The lowest BCUT2D eigenvalue weighted by atomic mass is 9.90. The minimum absolute atomic E-state index is 0.0620. The van der Waals surface area contributed by atoms with Crippen molar-refractivity contribution in [1.29, 1.82) is 0 Å². The van der Waals surface area contributed by atoms with Gasteiger partial charge in [0.15, 0.2) is 47.5 Å². The number of esters is 2. The molecule has 0 radical (unpaired) electrons. The van der Waals surface area contributed by atoms with E-state index in [2.05, 4.69) is 35.1 Å². The molecule has 3 aliphatic rings. The lowest BCUT2D eigenvalue weighted by Crippen LogP contribution is -2.35. The van der Waals surface area contributed by atoms with Gasteiger partial charge in [0, 0.05) is 88.3 Å². The number of amides is 4. The second-order valence-electron chi connectivity index (χ2n) is 24.4. The number of rotatable bonds is 39. The zero-order chi connectivity index (χ0) is 77.1. The third-order valence-electron chi connectivity index (χ3n) is 13.6. The van der Waals surface area contributed by atoms with E-state index in [9.17, 15) is 47.9 Å². The van der Waals surface area contributed by atoms with Crippen molar-refractivity contribution in [3.63, 3.8) is 0 Å². The number of ketones is 4. The predicted octanol–water partition coefficient (Wildman–Crippen LogP) is 9.55. The average Bonchev–Trinajstić information content (AvgIpc) is 1.67. The molecule has 492 valence electrons. The van der Waals surface area contributed by atoms with Crippen LogP contribution in [0.3, 0.4) is 0 Å². The summed E-state index contributed by atoms with van der Waals surface area (Å²) < 4.78 is 130. The summed E-state index contributed by atoms with van der Waals surface area (Å²) in [4.78, 5) is 121. The first-order valence-electron chi connectivity index (χ1n) is 37.7. The highest BCUT2D eigenvalue weighted by Gasteiger charge is 2.53. The van der Waals surface area contributed by atoms with Crippen LogP contribution in [-0.2, 0) is 71.6 Å². The molecular weight excluding hydrogens is 1090 g/mol. The second-order valence-corrected chi connectivity index (χ2v) is 24.4. The number of nitrogens with one attached hydrogen (secondary N) is 4. The first kappa shape index (κ1) is 58.1. The minimum atomic E-state index is -2.60. The van der Waals surface area contributed by atoms with Gasteiger partial charge in [0.05, 0.1) is 13.2 Å². The third-order valence-corrected chi connectivity index (χ3v) is 13.6. The van der Waals surface area contributed by atoms with Gasteiger partial charge in [0.2, 0.25) is 23.6 Å². The highest BCUT2D eigenvalue weighted by atomic mass is 16.6. The molecule has 0 aliphatic carbocycles. The quantitative estimate of drug-likeness (QED) is 0.0329. The zero-order valence-corrected chi connectivity index (χ0v) is 54.1. The molecular formula is C66H118N4O15. The summed E-state index contributed by atoms with van der Waals surface area (Å²) in [6.07, 6.45) is -2.13. The summed E-state index contributed by atoms with van der Waals surface area (Å²) in [6.45, 7) is 21.5. The maximum atomic E-state index is 12.6. The van der Waals surface area contributed by atoms with E-state index < -0.39 is 135 Å². The molecule has 19 nitrogen and oxygen atoms in total. The summed E-state index contributed by atoms with van der Waals surface area (Å²) in [5.41, 5.74) is 0. The van der Waals surface area contributed by atoms with E-state index in [0.717, 1.165) is 25.7 Å². The molecule has 3 heterocycles. The summed E-state index contributed by atoms with van der Waals surface area (Å²) in [6, 6.07) is 0. The van der Waals surface area contributed by atoms with Gasteiger partial charge in [0.1, 0.15) is 12.2 Å². The van der Waals surface area contributed by atoms with E-state index in [-0.39, 0.29) is 93.2 Å². The monoisotopic (exact) mass is 1220 g/mol. The zero-order valence-electron chi connectivity index (χ0n) is 68.1. The molecule has 4 N–H and O–H groups in total. The van der Waals surface area contributed by atoms with E-state index in [4.69, 9.17) is 42.9 Å². The molecule has 0 aromatic heterocycles. The first-order valence-corrected chi connectivity index (χ1v) is 30.7. The van der Waals surface area contributed by atoms with Crippen molar-refractivity contribution in [3.8, 4) is 0 Å². The molecule has 3 saturated heterocycles. The Morgan fingerprint density at radius 2 is 0.682 bits per heavy atom. The van der Waals surface area contributed by atoms with Gasteiger partial charge in [-0.1, -0.05) is 117 Å². The predicted molar refractivity (Wildman–Crippen MR) is 331 cm³/mol. The summed E-state index contributed by atoms with van der Waals surface area (Å²) in [5, 5.41) is 11.1. The Bertz CT molecular complexity index is 2580. The van der Waals surface area contributed by atoms with Crippen molar-refractivity contribution in [2.45, 2.75) is 252 Å². The van der Waals surface area contributed by atoms with Crippen LogP contribution >= 0.6 is 0 Å². The Morgan fingerprint density at radius 3 is 0.941 bits per heavy atom. The molecule has 3 fully saturated rings. The van der Waals surface area contributed by atoms with Crippen molar-refractivity contribution in [1.82, 2.24) is 21.3 Å². The number of carbonyl (C=O) groups excluding carboxylic acids is 10. The maximum absolute atomic E-state index is 12.6. The number of ether oxygens (including phenoxy) is 5. The topological polar surface area (TPSA) is 275 Å². The fourth-order valence-electron chi connectivity index (χ4n) is 8.62. The van der Waals surface area contributed by atoms with Gasteiger partial charge in [-0.05, 0) is 126 Å².